The molecule has 1 N–H and O–H groups in total. The molecular formula is C27H34N4O2. The van der Waals surface area contributed by atoms with Gasteiger partial charge in [-0.25, -0.2) is 4.99 Å². The second-order valence-electron chi connectivity index (χ2n) is 9.17. The van der Waals surface area contributed by atoms with Gasteiger partial charge in [0.25, 0.3) is 5.91 Å². The monoisotopic (exact) mass is 446 g/mol. The second-order valence-corrected chi connectivity index (χ2v) is 9.17. The summed E-state index contributed by atoms with van der Waals surface area (Å²) >= 11 is 0. The third-order valence-corrected chi connectivity index (χ3v) is 5.69. The third kappa shape index (κ3) is 6.17. The van der Waals surface area contributed by atoms with E-state index in [1.54, 1.807) is 12.3 Å². The molecule has 0 unspecified atom stereocenters. The number of amides is 1. The van der Waals surface area contributed by atoms with E-state index in [9.17, 15) is 4.79 Å². The Bertz CT molecular complexity index is 1070. The van der Waals surface area contributed by atoms with Crippen molar-refractivity contribution in [1.82, 2.24) is 9.88 Å². The molecule has 1 aliphatic rings. The zero-order chi connectivity index (χ0) is 24.0. The van der Waals surface area contributed by atoms with Crippen molar-refractivity contribution in [3.05, 3.63) is 76.9 Å². The molecule has 2 heterocycles. The van der Waals surface area contributed by atoms with Gasteiger partial charge in [0.15, 0.2) is 0 Å². The normalized spacial score (nSPS) is 15.4. The molecule has 1 saturated heterocycles. The van der Waals surface area contributed by atoms with Crippen molar-refractivity contribution < 1.29 is 9.53 Å². The average Bonchev–Trinajstić information content (AvgIpc) is 2.81. The molecule has 1 aliphatic heterocycles. The number of morpholine rings is 1. The number of hydrogen-bond donors (Lipinski definition) is 1. The van der Waals surface area contributed by atoms with E-state index in [0.29, 0.717) is 18.8 Å². The highest BCUT2D eigenvalue weighted by Crippen LogP contribution is 2.27. The predicted octanol–water partition coefficient (Wildman–Crippen LogP) is 5.22. The molecule has 2 aromatic rings. The van der Waals surface area contributed by atoms with Gasteiger partial charge >= 0.3 is 0 Å². The zero-order valence-corrected chi connectivity index (χ0v) is 20.3. The highest BCUT2D eigenvalue weighted by molar-refractivity contribution is 6.04. The average molecular weight is 447 g/mol. The number of benzene rings is 1. The maximum atomic E-state index is 13.0. The fourth-order valence-electron chi connectivity index (χ4n) is 3.68. The van der Waals surface area contributed by atoms with E-state index in [1.807, 2.05) is 37.3 Å². The molecule has 6 nitrogen and oxygen atoms in total. The van der Waals surface area contributed by atoms with Gasteiger partial charge < -0.3 is 15.0 Å². The number of rotatable bonds is 6. The molecular weight excluding hydrogens is 412 g/mol. The Balaban J connectivity index is 1.86. The quantitative estimate of drug-likeness (QED) is 0.488. The van der Waals surface area contributed by atoms with Crippen LogP contribution >= 0.6 is 0 Å². The summed E-state index contributed by atoms with van der Waals surface area (Å²) in [5.74, 6) is 0.670. The van der Waals surface area contributed by atoms with E-state index in [2.05, 4.69) is 60.7 Å². The molecule has 1 fully saturated rings. The first kappa shape index (κ1) is 24.4. The molecule has 0 radical (unpaired) electrons. The van der Waals surface area contributed by atoms with Crippen LogP contribution in [0.2, 0.25) is 0 Å². The third-order valence-electron chi connectivity index (χ3n) is 5.69. The van der Waals surface area contributed by atoms with E-state index < -0.39 is 0 Å². The van der Waals surface area contributed by atoms with Crippen molar-refractivity contribution in [2.75, 3.05) is 31.6 Å². The Morgan fingerprint density at radius 1 is 1.21 bits per heavy atom. The van der Waals surface area contributed by atoms with Gasteiger partial charge in [-0.3, -0.25) is 9.78 Å². The topological polar surface area (TPSA) is 66.8 Å². The van der Waals surface area contributed by atoms with Crippen LogP contribution in [0.1, 0.15) is 54.9 Å². The predicted molar refractivity (Wildman–Crippen MR) is 136 cm³/mol. The maximum Gasteiger partial charge on any atom is 0.255 e. The molecule has 6 heteroatoms. The standard InChI is InChI=1S/C27H34N4O2/c1-7-20(17-25(28-6)31-12-14-33-15-13-31)23-18-22(9-8-19(23)2)30-26(32)21-10-11-29-24(16-21)27(3,4)5/h7-11,16-18H,6,12-15H2,1-5H3,(H,30,32)/b20-7+,25-17+. The largest absolute Gasteiger partial charge is 0.378 e. The Hall–Kier alpha value is -3.25. The van der Waals surface area contributed by atoms with Crippen molar-refractivity contribution >= 4 is 23.9 Å². The summed E-state index contributed by atoms with van der Waals surface area (Å²) in [5, 5.41) is 3.04. The second kappa shape index (κ2) is 10.6. The number of aryl methyl sites for hydroxylation is 1. The summed E-state index contributed by atoms with van der Waals surface area (Å²) in [6.45, 7) is 17.0. The van der Waals surface area contributed by atoms with Gasteiger partial charge in [0.05, 0.1) is 13.2 Å². The first-order valence-electron chi connectivity index (χ1n) is 11.3. The summed E-state index contributed by atoms with van der Waals surface area (Å²) in [4.78, 5) is 23.8. The number of hydrogen-bond acceptors (Lipinski definition) is 5. The Morgan fingerprint density at radius 2 is 1.94 bits per heavy atom. The van der Waals surface area contributed by atoms with Crippen LogP contribution in [0.15, 0.2) is 59.5 Å². The van der Waals surface area contributed by atoms with Gasteiger partial charge in [0, 0.05) is 41.6 Å². The molecule has 1 aromatic carbocycles. The summed E-state index contributed by atoms with van der Waals surface area (Å²) < 4.78 is 5.45. The number of nitrogens with one attached hydrogen (secondary N) is 1. The number of ether oxygens (including phenoxy) is 1. The van der Waals surface area contributed by atoms with Crippen LogP contribution in [0.4, 0.5) is 5.69 Å². The van der Waals surface area contributed by atoms with E-state index in [4.69, 9.17) is 4.74 Å². The summed E-state index contributed by atoms with van der Waals surface area (Å²) in [6.07, 6.45) is 5.79. The SMILES string of the molecule is C=N/C(=C\C(=C/C)c1cc(NC(=O)c2ccnc(C(C)(C)C)c2)ccc1C)N1CCOCC1. The molecule has 174 valence electrons. The lowest BCUT2D eigenvalue weighted by Gasteiger charge is -2.29. The number of carbonyl (C=O) groups excluding carboxylic acids is 1. The smallest absolute Gasteiger partial charge is 0.255 e. The molecule has 0 saturated carbocycles. The van der Waals surface area contributed by atoms with Crippen molar-refractivity contribution in [1.29, 1.82) is 0 Å². The van der Waals surface area contributed by atoms with Gasteiger partial charge in [-0.05, 0) is 67.6 Å². The molecule has 0 aliphatic carbocycles. The van der Waals surface area contributed by atoms with Crippen molar-refractivity contribution in [2.45, 2.75) is 40.0 Å². The van der Waals surface area contributed by atoms with Gasteiger partial charge in [0.2, 0.25) is 0 Å². The summed E-state index contributed by atoms with van der Waals surface area (Å²) in [7, 11) is 0. The van der Waals surface area contributed by atoms with Crippen LogP contribution in [0.5, 0.6) is 0 Å². The maximum absolute atomic E-state index is 13.0. The Morgan fingerprint density at radius 3 is 2.58 bits per heavy atom. The minimum Gasteiger partial charge on any atom is -0.378 e. The first-order valence-corrected chi connectivity index (χ1v) is 11.3. The molecule has 0 bridgehead atoms. The number of carbonyl (C=O) groups is 1. The van der Waals surface area contributed by atoms with Crippen LogP contribution in [-0.2, 0) is 10.2 Å². The Labute approximate surface area is 197 Å². The van der Waals surface area contributed by atoms with E-state index in [-0.39, 0.29) is 11.3 Å². The summed E-state index contributed by atoms with van der Waals surface area (Å²) in [6, 6.07) is 9.55. The van der Waals surface area contributed by atoms with Crippen molar-refractivity contribution in [3.8, 4) is 0 Å². The number of allylic oxidation sites excluding steroid dienone is 3. The van der Waals surface area contributed by atoms with Crippen LogP contribution in [0.3, 0.4) is 0 Å². The number of nitrogens with zero attached hydrogens (tertiary/aromatic N) is 3. The fraction of sp³-hybridized carbons (Fsp3) is 0.370. The van der Waals surface area contributed by atoms with Gasteiger partial charge in [0.1, 0.15) is 5.82 Å². The number of pyridine rings is 1. The zero-order valence-electron chi connectivity index (χ0n) is 20.3. The van der Waals surface area contributed by atoms with Crippen LogP contribution in [0, 0.1) is 6.92 Å². The van der Waals surface area contributed by atoms with E-state index in [0.717, 1.165) is 47.0 Å². The van der Waals surface area contributed by atoms with Crippen LogP contribution in [0.25, 0.3) is 5.57 Å². The molecule has 1 aromatic heterocycles. The van der Waals surface area contributed by atoms with E-state index >= 15 is 0 Å². The lowest BCUT2D eigenvalue weighted by molar-refractivity contribution is 0.0533. The highest BCUT2D eigenvalue weighted by atomic mass is 16.5. The minimum absolute atomic E-state index is 0.127. The van der Waals surface area contributed by atoms with Gasteiger partial charge in [-0.15, -0.1) is 0 Å². The highest BCUT2D eigenvalue weighted by Gasteiger charge is 2.18. The molecule has 33 heavy (non-hydrogen) atoms. The number of aliphatic imine (C=N–C) groups is 1. The lowest BCUT2D eigenvalue weighted by Crippen LogP contribution is -2.35. The lowest BCUT2D eigenvalue weighted by atomic mass is 9.91. The molecule has 0 spiro atoms. The number of aromatic nitrogens is 1. The van der Waals surface area contributed by atoms with Crippen LogP contribution in [-0.4, -0.2) is 48.8 Å². The van der Waals surface area contributed by atoms with Crippen molar-refractivity contribution in [2.24, 2.45) is 4.99 Å². The Kier molecular flexibility index (Phi) is 7.82. The van der Waals surface area contributed by atoms with Crippen LogP contribution < -0.4 is 5.32 Å². The number of anilines is 1. The van der Waals surface area contributed by atoms with Gasteiger partial charge in [-0.1, -0.05) is 32.9 Å². The first-order chi connectivity index (χ1) is 15.7. The molecule has 0 atom stereocenters. The minimum atomic E-state index is -0.156. The summed E-state index contributed by atoms with van der Waals surface area (Å²) in [5.41, 5.74) is 5.26. The van der Waals surface area contributed by atoms with E-state index in [1.165, 1.54) is 0 Å². The fourth-order valence-corrected chi connectivity index (χ4v) is 3.68. The molecule has 3 rings (SSSR count). The van der Waals surface area contributed by atoms with Gasteiger partial charge in [-0.2, -0.15) is 0 Å². The van der Waals surface area contributed by atoms with Crippen molar-refractivity contribution in [3.63, 3.8) is 0 Å². The molecule has 1 amide bonds.